The van der Waals surface area contributed by atoms with E-state index in [9.17, 15) is 4.79 Å². The molecule has 0 fully saturated rings. The largest absolute Gasteiger partial charge is 0.444 e. The molecular weight excluding hydrogens is 303 g/mol. The van der Waals surface area contributed by atoms with Crippen molar-refractivity contribution in [3.8, 4) is 11.5 Å². The van der Waals surface area contributed by atoms with E-state index < -0.39 is 0 Å². The first-order chi connectivity index (χ1) is 9.52. The Morgan fingerprint density at radius 1 is 1.40 bits per heavy atom. The summed E-state index contributed by atoms with van der Waals surface area (Å²) in [6.45, 7) is 0.119. The van der Waals surface area contributed by atoms with Crippen molar-refractivity contribution in [1.82, 2.24) is 9.88 Å². The normalized spacial score (nSPS) is 10.6. The number of amides is 1. The molecule has 7 heteroatoms. The molecule has 0 spiro atoms. The molecule has 1 heterocycles. The number of likely N-dealkylation sites (N-methyl/N-ethyl adjacent to an activating group) is 1. The molecule has 20 heavy (non-hydrogen) atoms. The van der Waals surface area contributed by atoms with Crippen molar-refractivity contribution < 1.29 is 14.3 Å². The van der Waals surface area contributed by atoms with Crippen molar-refractivity contribution in [2.75, 3.05) is 20.2 Å². The third-order valence-corrected chi connectivity index (χ3v) is 3.41. The third kappa shape index (κ3) is 3.12. The van der Waals surface area contributed by atoms with Crippen LogP contribution in [-0.4, -0.2) is 41.1 Å². The third-order valence-electron chi connectivity index (χ3n) is 2.67. The monoisotopic (exact) mass is 314 g/mol. The lowest BCUT2D eigenvalue weighted by molar-refractivity contribution is 0.0761. The Morgan fingerprint density at radius 2 is 2.15 bits per heavy atom. The van der Waals surface area contributed by atoms with Crippen molar-refractivity contribution in [1.29, 1.82) is 0 Å². The van der Waals surface area contributed by atoms with Gasteiger partial charge in [-0.2, -0.15) is 0 Å². The Kier molecular flexibility index (Phi) is 4.65. The van der Waals surface area contributed by atoms with Gasteiger partial charge < -0.3 is 14.4 Å². The smallest absolute Gasteiger partial charge is 0.275 e. The second kappa shape index (κ2) is 6.26. The number of halogens is 2. The second-order valence-corrected chi connectivity index (χ2v) is 4.93. The molecule has 2 rings (SSSR count). The van der Waals surface area contributed by atoms with Crippen LogP contribution in [-0.2, 0) is 0 Å². The molecule has 5 nitrogen and oxygen atoms in total. The summed E-state index contributed by atoms with van der Waals surface area (Å²) in [5.74, 6) is -0.0431. The zero-order valence-corrected chi connectivity index (χ0v) is 12.1. The van der Waals surface area contributed by atoms with Crippen molar-refractivity contribution in [3.63, 3.8) is 0 Å². The second-order valence-electron chi connectivity index (χ2n) is 4.12. The van der Waals surface area contributed by atoms with Crippen LogP contribution in [0.5, 0.6) is 0 Å². The molecule has 106 valence electrons. The van der Waals surface area contributed by atoms with E-state index in [1.54, 1.807) is 25.2 Å². The molecule has 0 radical (unpaired) electrons. The van der Waals surface area contributed by atoms with Crippen LogP contribution in [0.2, 0.25) is 10.0 Å². The SMILES string of the molecule is CN(CCO)C(=O)c1coc(-c2ccc(Cl)c(Cl)c2)n1. The van der Waals surface area contributed by atoms with Crippen LogP contribution < -0.4 is 0 Å². The van der Waals surface area contributed by atoms with Crippen molar-refractivity contribution in [2.45, 2.75) is 0 Å². The molecule has 0 atom stereocenters. The highest BCUT2D eigenvalue weighted by atomic mass is 35.5. The number of benzene rings is 1. The number of hydrogen-bond acceptors (Lipinski definition) is 4. The molecule has 0 unspecified atom stereocenters. The van der Waals surface area contributed by atoms with Gasteiger partial charge in [0.25, 0.3) is 5.91 Å². The fourth-order valence-corrected chi connectivity index (χ4v) is 1.88. The summed E-state index contributed by atoms with van der Waals surface area (Å²) in [5, 5.41) is 9.62. The van der Waals surface area contributed by atoms with E-state index in [1.807, 2.05) is 0 Å². The van der Waals surface area contributed by atoms with Gasteiger partial charge in [-0.05, 0) is 18.2 Å². The lowest BCUT2D eigenvalue weighted by Gasteiger charge is -2.12. The average molecular weight is 315 g/mol. The fourth-order valence-electron chi connectivity index (χ4n) is 1.58. The molecule has 1 aromatic heterocycles. The number of aromatic nitrogens is 1. The molecule has 0 aliphatic heterocycles. The van der Waals surface area contributed by atoms with Gasteiger partial charge in [0.1, 0.15) is 6.26 Å². The predicted molar refractivity (Wildman–Crippen MR) is 76.0 cm³/mol. The molecule has 2 aromatic rings. The molecule has 0 aliphatic rings. The molecular formula is C13H12Cl2N2O3. The average Bonchev–Trinajstić information content (AvgIpc) is 2.91. The maximum atomic E-state index is 11.9. The molecule has 0 bridgehead atoms. The highest BCUT2D eigenvalue weighted by Crippen LogP contribution is 2.28. The summed E-state index contributed by atoms with van der Waals surface area (Å²) in [6, 6.07) is 4.94. The van der Waals surface area contributed by atoms with Crippen molar-refractivity contribution in [2.24, 2.45) is 0 Å². The van der Waals surface area contributed by atoms with E-state index in [1.165, 1.54) is 11.2 Å². The van der Waals surface area contributed by atoms with Crippen LogP contribution in [0.3, 0.4) is 0 Å². The van der Waals surface area contributed by atoms with E-state index in [4.69, 9.17) is 32.7 Å². The van der Waals surface area contributed by atoms with Crippen LogP contribution in [0.25, 0.3) is 11.5 Å². The summed E-state index contributed by atoms with van der Waals surface area (Å²) < 4.78 is 5.27. The van der Waals surface area contributed by atoms with Crippen LogP contribution in [0.1, 0.15) is 10.5 Å². The van der Waals surface area contributed by atoms with Crippen molar-refractivity contribution in [3.05, 3.63) is 40.2 Å². The Labute approximate surface area is 125 Å². The quantitative estimate of drug-likeness (QED) is 0.942. The first-order valence-corrected chi connectivity index (χ1v) is 6.56. The first kappa shape index (κ1) is 14.8. The van der Waals surface area contributed by atoms with E-state index >= 15 is 0 Å². The number of carbonyl (C=O) groups is 1. The van der Waals surface area contributed by atoms with E-state index in [0.717, 1.165) is 0 Å². The Balaban J connectivity index is 2.24. The standard InChI is InChI=1S/C13H12Cl2N2O3/c1-17(4-5-18)13(19)11-7-20-12(16-11)8-2-3-9(14)10(15)6-8/h2-3,6-7,18H,4-5H2,1H3. The lowest BCUT2D eigenvalue weighted by Crippen LogP contribution is -2.29. The Bertz CT molecular complexity index is 628. The van der Waals surface area contributed by atoms with Gasteiger partial charge in [0.2, 0.25) is 5.89 Å². The summed E-state index contributed by atoms with van der Waals surface area (Å²) >= 11 is 11.8. The van der Waals surface area contributed by atoms with Gasteiger partial charge in [-0.25, -0.2) is 4.98 Å². The minimum atomic E-state index is -0.325. The number of hydrogen-bond donors (Lipinski definition) is 1. The van der Waals surface area contributed by atoms with Crippen LogP contribution in [0, 0.1) is 0 Å². The summed E-state index contributed by atoms with van der Waals surface area (Å²) in [4.78, 5) is 17.4. The number of rotatable bonds is 4. The minimum absolute atomic E-state index is 0.111. The van der Waals surface area contributed by atoms with Gasteiger partial charge in [-0.1, -0.05) is 23.2 Å². The molecule has 0 saturated heterocycles. The predicted octanol–water partition coefficient (Wildman–Crippen LogP) is 2.71. The number of aliphatic hydroxyl groups excluding tert-OH is 1. The van der Waals surface area contributed by atoms with Gasteiger partial charge in [-0.15, -0.1) is 0 Å². The topological polar surface area (TPSA) is 66.6 Å². The zero-order chi connectivity index (χ0) is 14.7. The highest BCUT2D eigenvalue weighted by molar-refractivity contribution is 6.42. The Morgan fingerprint density at radius 3 is 2.80 bits per heavy atom. The van der Waals surface area contributed by atoms with Crippen LogP contribution in [0.4, 0.5) is 0 Å². The number of oxazole rings is 1. The van der Waals surface area contributed by atoms with E-state index in [2.05, 4.69) is 4.98 Å². The maximum absolute atomic E-state index is 11.9. The number of nitrogens with zero attached hydrogens (tertiary/aromatic N) is 2. The highest BCUT2D eigenvalue weighted by Gasteiger charge is 2.17. The minimum Gasteiger partial charge on any atom is -0.444 e. The van der Waals surface area contributed by atoms with Crippen molar-refractivity contribution >= 4 is 29.1 Å². The summed E-state index contributed by atoms with van der Waals surface area (Å²) in [5.41, 5.74) is 0.797. The van der Waals surface area contributed by atoms with E-state index in [0.29, 0.717) is 15.6 Å². The molecule has 0 aliphatic carbocycles. The lowest BCUT2D eigenvalue weighted by atomic mass is 10.2. The number of carbonyl (C=O) groups excluding carboxylic acids is 1. The van der Waals surface area contributed by atoms with Gasteiger partial charge >= 0.3 is 0 Å². The molecule has 1 N–H and O–H groups in total. The van der Waals surface area contributed by atoms with Crippen LogP contribution in [0.15, 0.2) is 28.9 Å². The first-order valence-electron chi connectivity index (χ1n) is 5.80. The fraction of sp³-hybridized carbons (Fsp3) is 0.231. The van der Waals surface area contributed by atoms with Gasteiger partial charge in [-0.3, -0.25) is 4.79 Å². The number of aliphatic hydroxyl groups is 1. The Hall–Kier alpha value is -1.56. The summed E-state index contributed by atoms with van der Waals surface area (Å²) in [6.07, 6.45) is 1.27. The molecule has 1 aromatic carbocycles. The van der Waals surface area contributed by atoms with Crippen LogP contribution >= 0.6 is 23.2 Å². The van der Waals surface area contributed by atoms with Gasteiger partial charge in [0, 0.05) is 19.2 Å². The maximum Gasteiger partial charge on any atom is 0.275 e. The van der Waals surface area contributed by atoms with E-state index in [-0.39, 0.29) is 30.6 Å². The van der Waals surface area contributed by atoms with Gasteiger partial charge in [0.05, 0.1) is 16.7 Å². The molecule has 1 amide bonds. The zero-order valence-electron chi connectivity index (χ0n) is 10.6. The molecule has 0 saturated carbocycles. The van der Waals surface area contributed by atoms with Gasteiger partial charge in [0.15, 0.2) is 5.69 Å². The summed E-state index contributed by atoms with van der Waals surface area (Å²) in [7, 11) is 1.58.